The Hall–Kier alpha value is -3.44. The Balaban J connectivity index is 3.71. The van der Waals surface area contributed by atoms with Gasteiger partial charge in [0.1, 0.15) is 12.1 Å². The van der Waals surface area contributed by atoms with Crippen LogP contribution in [0.1, 0.15) is 148 Å². The Labute approximate surface area is 426 Å². The van der Waals surface area contributed by atoms with Gasteiger partial charge in [-0.2, -0.15) is 0 Å². The van der Waals surface area contributed by atoms with E-state index in [1.165, 1.54) is 44.9 Å². The van der Waals surface area contributed by atoms with Gasteiger partial charge in [0.2, 0.25) is 41.4 Å². The smallest absolute Gasteiger partial charge is 0.303 e. The van der Waals surface area contributed by atoms with E-state index < -0.39 is 24.0 Å². The van der Waals surface area contributed by atoms with Gasteiger partial charge in [0, 0.05) is 51.9 Å². The van der Waals surface area contributed by atoms with Gasteiger partial charge >= 0.3 is 5.97 Å². The highest BCUT2D eigenvalue weighted by molar-refractivity contribution is 9.09. The molecule has 0 aromatic carbocycles. The summed E-state index contributed by atoms with van der Waals surface area (Å²) in [6.07, 6.45) is 19.0. The fourth-order valence-corrected chi connectivity index (χ4v) is 7.16. The van der Waals surface area contributed by atoms with Gasteiger partial charge in [0.15, 0.2) is 0 Å². The quantitative estimate of drug-likeness (QED) is 0.0318. The summed E-state index contributed by atoms with van der Waals surface area (Å²) in [5.41, 5.74) is 5.53. The summed E-state index contributed by atoms with van der Waals surface area (Å²) in [4.78, 5) is 94.8. The summed E-state index contributed by atoms with van der Waals surface area (Å²) in [6.45, 7) is 3.48. The number of carbonyl (C=O) groups is 8. The topological polar surface area (TPSA) is 292 Å². The number of carboxylic acid groups (broad SMARTS) is 1. The summed E-state index contributed by atoms with van der Waals surface area (Å²) in [5, 5.41) is 25.3. The second-order valence-corrected chi connectivity index (χ2v) is 17.8. The number of primary amides is 1. The molecule has 2 atom stereocenters. The predicted octanol–water partition coefficient (Wildman–Crippen LogP) is 3.82. The summed E-state index contributed by atoms with van der Waals surface area (Å²) in [7, 11) is 0. The van der Waals surface area contributed by atoms with Crippen LogP contribution in [0.3, 0.4) is 0 Å². The largest absolute Gasteiger partial charge is 0.481 e. The van der Waals surface area contributed by atoms with Crippen molar-refractivity contribution in [3.05, 3.63) is 0 Å². The lowest BCUT2D eigenvalue weighted by atomic mass is 10.0. The number of ether oxygens (including phenoxy) is 4. The van der Waals surface area contributed by atoms with Gasteiger partial charge in [0.25, 0.3) is 0 Å². The maximum atomic E-state index is 12.6. The van der Waals surface area contributed by atoms with Crippen molar-refractivity contribution in [2.24, 2.45) is 5.73 Å². The number of carbonyl (C=O) groups excluding carboxylic acids is 7. The molecule has 7 amide bonds. The van der Waals surface area contributed by atoms with Gasteiger partial charge in [-0.3, -0.25) is 38.4 Å². The van der Waals surface area contributed by atoms with Gasteiger partial charge < -0.3 is 61.7 Å². The third-order valence-electron chi connectivity index (χ3n) is 10.7. The molecule has 0 fully saturated rings. The van der Waals surface area contributed by atoms with E-state index in [0.29, 0.717) is 78.0 Å². The van der Waals surface area contributed by atoms with Crippen LogP contribution < -0.4 is 37.6 Å². The van der Waals surface area contributed by atoms with E-state index in [4.69, 9.17) is 29.8 Å². The highest BCUT2D eigenvalue weighted by Crippen LogP contribution is 2.14. The van der Waals surface area contributed by atoms with E-state index in [1.807, 2.05) is 0 Å². The molecule has 22 heteroatoms. The zero-order valence-corrected chi connectivity index (χ0v) is 44.2. The van der Waals surface area contributed by atoms with Crippen molar-refractivity contribution < 1.29 is 62.4 Å². The minimum Gasteiger partial charge on any atom is -0.481 e. The van der Waals surface area contributed by atoms with Crippen molar-refractivity contribution in [1.29, 1.82) is 0 Å². The molecule has 0 heterocycles. The SMILES string of the molecule is NC(=O)[C@H](CCCCNC(=O)CCOCCOCCNC(=O)CCOCCOCCNC(=O)[C@H](CCCNC(=O)CBr)NC(=O)CBr)NC(=O)CCCCCCCCCCCCCCCCC(=O)O. The Morgan fingerprint density at radius 3 is 1.29 bits per heavy atom. The third kappa shape index (κ3) is 45.5. The summed E-state index contributed by atoms with van der Waals surface area (Å²) >= 11 is 6.14. The number of hydrogen-bond donors (Lipinski definition) is 8. The number of halogens is 2. The monoisotopic (exact) mass is 1110 g/mol. The molecular weight excluding hydrogens is 1030 g/mol. The fraction of sp³-hybridized carbons (Fsp3) is 0.830. The lowest BCUT2D eigenvalue weighted by molar-refractivity contribution is -0.137. The summed E-state index contributed by atoms with van der Waals surface area (Å²) < 4.78 is 21.8. The van der Waals surface area contributed by atoms with E-state index >= 15 is 0 Å². The molecule has 0 bridgehead atoms. The molecule has 0 radical (unpaired) electrons. The molecule has 0 aromatic heterocycles. The van der Waals surface area contributed by atoms with Crippen molar-refractivity contribution in [2.45, 2.75) is 160 Å². The Kier molecular flexibility index (Phi) is 45.8. The third-order valence-corrected chi connectivity index (χ3v) is 11.7. The van der Waals surface area contributed by atoms with Crippen molar-refractivity contribution in [1.82, 2.24) is 31.9 Å². The molecule has 9 N–H and O–H groups in total. The van der Waals surface area contributed by atoms with Crippen molar-refractivity contribution in [3.8, 4) is 0 Å². The van der Waals surface area contributed by atoms with E-state index in [-0.39, 0.29) is 105 Å². The molecule has 20 nitrogen and oxygen atoms in total. The summed E-state index contributed by atoms with van der Waals surface area (Å²) in [6, 6.07) is -1.47. The van der Waals surface area contributed by atoms with E-state index in [9.17, 15) is 38.4 Å². The molecule has 0 saturated carbocycles. The van der Waals surface area contributed by atoms with Crippen molar-refractivity contribution in [3.63, 3.8) is 0 Å². The van der Waals surface area contributed by atoms with Gasteiger partial charge in [-0.25, -0.2) is 0 Å². The number of carboxylic acids is 1. The van der Waals surface area contributed by atoms with Crippen LogP contribution in [-0.4, -0.2) is 154 Å². The van der Waals surface area contributed by atoms with Gasteiger partial charge in [-0.05, 0) is 44.9 Å². The first-order valence-corrected chi connectivity index (χ1v) is 27.2. The second-order valence-electron chi connectivity index (χ2n) is 16.7. The number of amides is 7. The Bertz CT molecular complexity index is 1400. The molecule has 69 heavy (non-hydrogen) atoms. The van der Waals surface area contributed by atoms with Crippen LogP contribution in [0.25, 0.3) is 0 Å². The van der Waals surface area contributed by atoms with E-state index in [1.54, 1.807) is 0 Å². The summed E-state index contributed by atoms with van der Waals surface area (Å²) in [5.74, 6) is -2.61. The number of alkyl halides is 2. The van der Waals surface area contributed by atoms with Crippen molar-refractivity contribution in [2.75, 3.05) is 89.7 Å². The van der Waals surface area contributed by atoms with E-state index in [0.717, 1.165) is 44.9 Å². The predicted molar refractivity (Wildman–Crippen MR) is 270 cm³/mol. The minimum atomic E-state index is -0.739. The lowest BCUT2D eigenvalue weighted by Crippen LogP contribution is -2.48. The van der Waals surface area contributed by atoms with Crippen LogP contribution >= 0.6 is 31.9 Å². The van der Waals surface area contributed by atoms with Crippen LogP contribution in [0.15, 0.2) is 0 Å². The lowest BCUT2D eigenvalue weighted by Gasteiger charge is -2.18. The molecule has 0 aliphatic rings. The first kappa shape index (κ1) is 65.6. The molecule has 0 unspecified atom stereocenters. The maximum absolute atomic E-state index is 12.6. The zero-order valence-electron chi connectivity index (χ0n) is 41.0. The standard InChI is InChI=1S/C47H85Br2N7O13/c48-36-43(60)52-25-17-19-39(56-44(61)37-49)47(65)54-27-31-69-35-33-67-29-23-41(58)53-26-30-68-34-32-66-28-22-40(57)51-24-16-15-18-38(46(50)64)55-42(59)20-13-11-9-7-5-3-1-2-4-6-8-10-12-14-21-45(62)63/h38-39H,1-37H2,(H2,50,64)(H,51,57)(H,52,60)(H,53,58)(H,54,65)(H,55,59)(H,56,61)(H,62,63)/t38-,39-/m0/s1. The zero-order chi connectivity index (χ0) is 51.0. The first-order valence-electron chi connectivity index (χ1n) is 25.0. The number of hydrogen-bond acceptors (Lipinski definition) is 12. The number of aliphatic carboxylic acids is 1. The fourth-order valence-electron chi connectivity index (χ4n) is 6.80. The van der Waals surface area contributed by atoms with Crippen molar-refractivity contribution >= 4 is 79.2 Å². The molecule has 400 valence electrons. The average molecular weight is 1120 g/mol. The van der Waals surface area contributed by atoms with Crippen LogP contribution in [0.4, 0.5) is 0 Å². The van der Waals surface area contributed by atoms with E-state index in [2.05, 4.69) is 63.8 Å². The highest BCUT2D eigenvalue weighted by atomic mass is 79.9. The van der Waals surface area contributed by atoms with Crippen LogP contribution in [-0.2, 0) is 57.3 Å². The van der Waals surface area contributed by atoms with Crippen LogP contribution in [0.2, 0.25) is 0 Å². The molecule has 0 aliphatic heterocycles. The van der Waals surface area contributed by atoms with Crippen LogP contribution in [0, 0.1) is 0 Å². The minimum absolute atomic E-state index is 0.0624. The number of unbranched alkanes of at least 4 members (excludes halogenated alkanes) is 14. The second kappa shape index (κ2) is 48.2. The molecular formula is C47H85Br2N7O13. The number of nitrogens with two attached hydrogens (primary N) is 1. The first-order chi connectivity index (χ1) is 33.4. The molecule has 0 saturated heterocycles. The normalized spacial score (nSPS) is 11.9. The van der Waals surface area contributed by atoms with Crippen LogP contribution in [0.5, 0.6) is 0 Å². The van der Waals surface area contributed by atoms with Gasteiger partial charge in [-0.15, -0.1) is 0 Å². The molecule has 0 rings (SSSR count). The molecule has 0 aromatic rings. The van der Waals surface area contributed by atoms with Gasteiger partial charge in [0.05, 0.1) is 63.5 Å². The number of rotatable bonds is 50. The molecule has 0 spiro atoms. The Morgan fingerprint density at radius 1 is 0.391 bits per heavy atom. The Morgan fingerprint density at radius 2 is 0.797 bits per heavy atom. The highest BCUT2D eigenvalue weighted by Gasteiger charge is 2.20. The van der Waals surface area contributed by atoms with Gasteiger partial charge in [-0.1, -0.05) is 109 Å². The number of nitrogens with one attached hydrogen (secondary N) is 6. The maximum Gasteiger partial charge on any atom is 0.303 e. The average Bonchev–Trinajstić information content (AvgIpc) is 3.32. The molecule has 0 aliphatic carbocycles.